The maximum absolute atomic E-state index is 12.3. The van der Waals surface area contributed by atoms with Crippen LogP contribution in [0.2, 0.25) is 5.02 Å². The molecule has 0 amide bonds. The number of piperazine rings is 1. The molecular weight excluding hydrogens is 652 g/mol. The normalized spacial score (nSPS) is 16.7. The van der Waals surface area contributed by atoms with E-state index in [1.807, 2.05) is 0 Å². The van der Waals surface area contributed by atoms with Crippen LogP contribution in [0.15, 0.2) is 42.9 Å². The highest BCUT2D eigenvalue weighted by Crippen LogP contribution is 2.40. The summed E-state index contributed by atoms with van der Waals surface area (Å²) < 4.78 is 33.2. The number of sulfonamides is 1. The number of likely N-dealkylation sites (N-methyl/N-ethyl adjacent to an activating group) is 1. The molecule has 0 spiro atoms. The average molecular weight is 695 g/mol. The number of benzene rings is 2. The number of nitrogens with one attached hydrogen (secondary N) is 2. The molecule has 0 aliphatic carbocycles. The number of piperidine rings is 1. The summed E-state index contributed by atoms with van der Waals surface area (Å²) in [5, 5.41) is 3.62. The van der Waals surface area contributed by atoms with Gasteiger partial charge in [-0.1, -0.05) is 18.5 Å². The minimum Gasteiger partial charge on any atom is -0.494 e. The summed E-state index contributed by atoms with van der Waals surface area (Å²) in [5.74, 6) is 1.36. The molecule has 2 aliphatic heterocycles. The van der Waals surface area contributed by atoms with Gasteiger partial charge in [-0.2, -0.15) is 4.98 Å². The molecule has 6 rings (SSSR count). The second-order valence-electron chi connectivity index (χ2n) is 12.4. The molecule has 2 aliphatic rings. The zero-order valence-corrected chi connectivity index (χ0v) is 29.6. The lowest BCUT2D eigenvalue weighted by Gasteiger charge is -2.43. The molecular formula is C33H43ClN10O3S. The Labute approximate surface area is 287 Å². The lowest BCUT2D eigenvalue weighted by atomic mass is 9.99. The van der Waals surface area contributed by atoms with Gasteiger partial charge in [-0.25, -0.2) is 13.4 Å². The van der Waals surface area contributed by atoms with Crippen molar-refractivity contribution in [3.63, 3.8) is 0 Å². The van der Waals surface area contributed by atoms with Crippen molar-refractivity contribution in [2.75, 3.05) is 86.6 Å². The summed E-state index contributed by atoms with van der Waals surface area (Å²) >= 11 is 6.63. The summed E-state index contributed by atoms with van der Waals surface area (Å²) in [6.07, 6.45) is 8.81. The van der Waals surface area contributed by atoms with Gasteiger partial charge < -0.3 is 24.8 Å². The minimum absolute atomic E-state index is 0.271. The van der Waals surface area contributed by atoms with Crippen LogP contribution < -0.4 is 24.6 Å². The number of rotatable bonds is 10. The molecule has 4 heterocycles. The molecule has 0 radical (unpaired) electrons. The summed E-state index contributed by atoms with van der Waals surface area (Å²) in [4.78, 5) is 27.2. The van der Waals surface area contributed by atoms with Crippen LogP contribution in [0, 0.1) is 0 Å². The molecule has 256 valence electrons. The minimum atomic E-state index is -3.65. The van der Waals surface area contributed by atoms with Gasteiger partial charge in [-0.05, 0) is 50.1 Å². The van der Waals surface area contributed by atoms with Crippen molar-refractivity contribution >= 4 is 67.2 Å². The third-order valence-corrected chi connectivity index (χ3v) is 10.0. The second kappa shape index (κ2) is 14.2. The van der Waals surface area contributed by atoms with E-state index in [0.29, 0.717) is 40.3 Å². The van der Waals surface area contributed by atoms with Gasteiger partial charge >= 0.3 is 0 Å². The molecule has 48 heavy (non-hydrogen) atoms. The van der Waals surface area contributed by atoms with Crippen molar-refractivity contribution in [1.82, 2.24) is 29.7 Å². The molecule has 0 unspecified atom stereocenters. The van der Waals surface area contributed by atoms with Crippen LogP contribution in [0.1, 0.15) is 25.3 Å². The Morgan fingerprint density at radius 2 is 1.77 bits per heavy atom. The fraction of sp³-hybridized carbons (Fsp3) is 0.455. The number of aryl methyl sites for hydroxylation is 1. The van der Waals surface area contributed by atoms with E-state index in [2.05, 4.69) is 65.8 Å². The van der Waals surface area contributed by atoms with E-state index in [0.717, 1.165) is 70.5 Å². The molecule has 0 bridgehead atoms. The molecule has 0 saturated carbocycles. The summed E-state index contributed by atoms with van der Waals surface area (Å²) in [6, 6.07) is 8.37. The van der Waals surface area contributed by atoms with Crippen LogP contribution in [-0.2, 0) is 16.4 Å². The standard InChI is InChI=1S/C33H43ClN10O3S/c1-6-22-19-26(29(47-4)20-28(22)44-13-9-23(10-14-44)43-17-15-41(2)16-18-43)38-33-37-21-24(34)32(39-33)42(3)27-8-7-25-30(36-12-11-35-25)31(27)40-48(5,45)46/h7-8,11-12,19-21,23,40H,6,9-10,13-18H2,1-5H3,(H,37,38,39). The number of hydrogen-bond donors (Lipinski definition) is 2. The summed E-state index contributed by atoms with van der Waals surface area (Å²) in [5.41, 5.74) is 4.84. The Kier molecular flexibility index (Phi) is 10.1. The number of ether oxygens (including phenoxy) is 1. The maximum atomic E-state index is 12.3. The van der Waals surface area contributed by atoms with Gasteiger partial charge in [-0.3, -0.25) is 19.6 Å². The van der Waals surface area contributed by atoms with E-state index in [-0.39, 0.29) is 10.7 Å². The molecule has 2 aromatic carbocycles. The van der Waals surface area contributed by atoms with Crippen LogP contribution in [-0.4, -0.2) is 111 Å². The van der Waals surface area contributed by atoms with E-state index in [4.69, 9.17) is 21.3 Å². The zero-order valence-electron chi connectivity index (χ0n) is 28.1. The predicted molar refractivity (Wildman–Crippen MR) is 193 cm³/mol. The van der Waals surface area contributed by atoms with Crippen LogP contribution in [0.4, 0.5) is 34.5 Å². The Balaban J connectivity index is 1.25. The van der Waals surface area contributed by atoms with Gasteiger partial charge in [0.2, 0.25) is 16.0 Å². The summed E-state index contributed by atoms with van der Waals surface area (Å²) in [6.45, 7) is 8.75. The second-order valence-corrected chi connectivity index (χ2v) is 14.6. The molecule has 13 nitrogen and oxygen atoms in total. The average Bonchev–Trinajstić information content (AvgIpc) is 3.08. The topological polar surface area (TPSA) is 132 Å². The van der Waals surface area contributed by atoms with Gasteiger partial charge in [0.05, 0.1) is 36.5 Å². The zero-order chi connectivity index (χ0) is 34.0. The van der Waals surface area contributed by atoms with Crippen LogP contribution in [0.3, 0.4) is 0 Å². The first-order valence-electron chi connectivity index (χ1n) is 16.2. The first-order chi connectivity index (χ1) is 23.0. The Morgan fingerprint density at radius 1 is 1.04 bits per heavy atom. The van der Waals surface area contributed by atoms with Gasteiger partial charge in [0.15, 0.2) is 5.82 Å². The van der Waals surface area contributed by atoms with Gasteiger partial charge in [0, 0.05) is 76.5 Å². The quantitative estimate of drug-likeness (QED) is 0.238. The number of fused-ring (bicyclic) bond motifs is 1. The highest BCUT2D eigenvalue weighted by Gasteiger charge is 2.28. The molecule has 2 N–H and O–H groups in total. The van der Waals surface area contributed by atoms with E-state index in [1.165, 1.54) is 23.6 Å². The molecule has 2 aromatic heterocycles. The molecule has 0 atom stereocenters. The van der Waals surface area contributed by atoms with Crippen LogP contribution >= 0.6 is 11.6 Å². The van der Waals surface area contributed by atoms with E-state index in [9.17, 15) is 8.42 Å². The monoisotopic (exact) mass is 694 g/mol. The molecule has 2 saturated heterocycles. The fourth-order valence-corrected chi connectivity index (χ4v) is 7.39. The Bertz CT molecular complexity index is 1880. The first-order valence-corrected chi connectivity index (χ1v) is 18.4. The number of methoxy groups -OCH3 is 1. The van der Waals surface area contributed by atoms with Crippen LogP contribution in [0.25, 0.3) is 11.0 Å². The van der Waals surface area contributed by atoms with Gasteiger partial charge in [-0.15, -0.1) is 0 Å². The van der Waals surface area contributed by atoms with Gasteiger partial charge in [0.25, 0.3) is 0 Å². The number of nitrogens with zero attached hydrogens (tertiary/aromatic N) is 8. The smallest absolute Gasteiger partial charge is 0.229 e. The van der Waals surface area contributed by atoms with E-state index >= 15 is 0 Å². The molecule has 2 fully saturated rings. The Hall–Kier alpha value is -3.98. The molecule has 4 aromatic rings. The number of hydrogen-bond acceptors (Lipinski definition) is 12. The van der Waals surface area contributed by atoms with Crippen molar-refractivity contribution in [1.29, 1.82) is 0 Å². The number of aromatic nitrogens is 4. The number of anilines is 6. The van der Waals surface area contributed by atoms with Crippen molar-refractivity contribution in [2.45, 2.75) is 32.2 Å². The largest absolute Gasteiger partial charge is 0.494 e. The van der Waals surface area contributed by atoms with Crippen molar-refractivity contribution in [2.24, 2.45) is 0 Å². The van der Waals surface area contributed by atoms with Crippen molar-refractivity contribution < 1.29 is 13.2 Å². The van der Waals surface area contributed by atoms with Crippen LogP contribution in [0.5, 0.6) is 5.75 Å². The third kappa shape index (κ3) is 7.36. The van der Waals surface area contributed by atoms with Gasteiger partial charge in [0.1, 0.15) is 22.0 Å². The van der Waals surface area contributed by atoms with E-state index in [1.54, 1.807) is 37.4 Å². The highest BCUT2D eigenvalue weighted by molar-refractivity contribution is 7.92. The lowest BCUT2D eigenvalue weighted by Crippen LogP contribution is -2.52. The fourth-order valence-electron chi connectivity index (χ4n) is 6.60. The molecule has 15 heteroatoms. The third-order valence-electron chi connectivity index (χ3n) is 9.20. The predicted octanol–water partition coefficient (Wildman–Crippen LogP) is 4.74. The van der Waals surface area contributed by atoms with E-state index < -0.39 is 10.0 Å². The lowest BCUT2D eigenvalue weighted by molar-refractivity contribution is 0.0982. The number of halogens is 1. The SMILES string of the molecule is CCc1cc(Nc2ncc(Cl)c(N(C)c3ccc4nccnc4c3NS(C)(=O)=O)n2)c(OC)cc1N1CCC(N2CCN(C)CC2)CC1. The summed E-state index contributed by atoms with van der Waals surface area (Å²) in [7, 11) is 1.97. The maximum Gasteiger partial charge on any atom is 0.229 e. The van der Waals surface area contributed by atoms with Crippen molar-refractivity contribution in [3.05, 3.63) is 53.4 Å². The van der Waals surface area contributed by atoms with Crippen molar-refractivity contribution in [3.8, 4) is 5.75 Å². The Morgan fingerprint density at radius 3 is 2.46 bits per heavy atom. The highest BCUT2D eigenvalue weighted by atomic mass is 35.5. The first kappa shape index (κ1) is 33.9.